The molecule has 1 rings (SSSR count). The Morgan fingerprint density at radius 1 is 1.57 bits per heavy atom. The van der Waals surface area contributed by atoms with Crippen molar-refractivity contribution in [2.24, 2.45) is 0 Å². The Hall–Kier alpha value is -1.57. The van der Waals surface area contributed by atoms with E-state index in [-0.39, 0.29) is 5.78 Å². The first-order valence-electron chi connectivity index (χ1n) is 4.65. The molecule has 0 amide bonds. The smallest absolute Gasteiger partial charge is 0.166 e. The van der Waals surface area contributed by atoms with Crippen LogP contribution in [0.3, 0.4) is 0 Å². The average molecular weight is 190 g/mol. The average Bonchev–Trinajstić information content (AvgIpc) is 2.19. The molecule has 0 spiro atoms. The van der Waals surface area contributed by atoms with Gasteiger partial charge in [0.2, 0.25) is 0 Å². The molecule has 0 radical (unpaired) electrons. The van der Waals surface area contributed by atoms with E-state index in [9.17, 15) is 4.79 Å². The van der Waals surface area contributed by atoms with Crippen LogP contribution >= 0.6 is 0 Å². The second-order valence-corrected chi connectivity index (χ2v) is 2.88. The fraction of sp³-hybridized carbons (Fsp3) is 0.250. The molecule has 0 atom stereocenters. The van der Waals surface area contributed by atoms with Crippen LogP contribution in [0.15, 0.2) is 36.9 Å². The predicted molar refractivity (Wildman–Crippen MR) is 56.8 cm³/mol. The molecule has 0 saturated carbocycles. The molecule has 74 valence electrons. The Morgan fingerprint density at radius 3 is 3.00 bits per heavy atom. The highest BCUT2D eigenvalue weighted by molar-refractivity contribution is 5.97. The number of ether oxygens (including phenoxy) is 1. The molecule has 0 unspecified atom stereocenters. The number of hydrogen-bond donors (Lipinski definition) is 0. The summed E-state index contributed by atoms with van der Waals surface area (Å²) in [5, 5.41) is 0. The van der Waals surface area contributed by atoms with Gasteiger partial charge < -0.3 is 4.74 Å². The van der Waals surface area contributed by atoms with Gasteiger partial charge in [-0.15, -0.1) is 6.58 Å². The molecule has 0 aromatic heterocycles. The summed E-state index contributed by atoms with van der Waals surface area (Å²) in [6.45, 7) is 6.06. The van der Waals surface area contributed by atoms with Crippen LogP contribution in [-0.2, 0) is 0 Å². The van der Waals surface area contributed by atoms with Gasteiger partial charge in [-0.1, -0.05) is 18.2 Å². The molecule has 2 heteroatoms. The van der Waals surface area contributed by atoms with Crippen LogP contribution in [0.2, 0.25) is 0 Å². The summed E-state index contributed by atoms with van der Waals surface area (Å²) in [5.41, 5.74) is 0.677. The summed E-state index contributed by atoms with van der Waals surface area (Å²) in [5.74, 6) is 0.809. The predicted octanol–water partition coefficient (Wildman–Crippen LogP) is 2.84. The largest absolute Gasteiger partial charge is 0.494 e. The quantitative estimate of drug-likeness (QED) is 0.527. The SMILES string of the molecule is C=CCC(=O)c1cccc(OCC)c1. The lowest BCUT2D eigenvalue weighted by Crippen LogP contribution is -1.98. The zero-order valence-corrected chi connectivity index (χ0v) is 8.32. The van der Waals surface area contributed by atoms with Crippen LogP contribution < -0.4 is 4.74 Å². The van der Waals surface area contributed by atoms with E-state index in [1.807, 2.05) is 19.1 Å². The van der Waals surface area contributed by atoms with Gasteiger partial charge >= 0.3 is 0 Å². The number of carbonyl (C=O) groups is 1. The molecule has 1 aromatic carbocycles. The van der Waals surface area contributed by atoms with Crippen molar-refractivity contribution in [2.45, 2.75) is 13.3 Å². The van der Waals surface area contributed by atoms with Crippen molar-refractivity contribution < 1.29 is 9.53 Å². The summed E-state index contributed by atoms with van der Waals surface area (Å²) in [6, 6.07) is 7.21. The van der Waals surface area contributed by atoms with E-state index >= 15 is 0 Å². The minimum atomic E-state index is 0.0709. The van der Waals surface area contributed by atoms with Crippen molar-refractivity contribution in [1.82, 2.24) is 0 Å². The molecule has 0 bridgehead atoms. The van der Waals surface area contributed by atoms with Gasteiger partial charge in [-0.2, -0.15) is 0 Å². The fourth-order valence-electron chi connectivity index (χ4n) is 1.17. The Bertz CT molecular complexity index is 329. The normalized spacial score (nSPS) is 9.50. The first kappa shape index (κ1) is 10.5. The maximum atomic E-state index is 11.5. The summed E-state index contributed by atoms with van der Waals surface area (Å²) < 4.78 is 5.30. The van der Waals surface area contributed by atoms with Crippen molar-refractivity contribution in [3.63, 3.8) is 0 Å². The Morgan fingerprint density at radius 2 is 2.36 bits per heavy atom. The number of benzene rings is 1. The number of rotatable bonds is 5. The highest BCUT2D eigenvalue weighted by atomic mass is 16.5. The highest BCUT2D eigenvalue weighted by Crippen LogP contribution is 2.14. The maximum Gasteiger partial charge on any atom is 0.166 e. The minimum Gasteiger partial charge on any atom is -0.494 e. The van der Waals surface area contributed by atoms with Crippen molar-refractivity contribution in [3.8, 4) is 5.75 Å². The summed E-state index contributed by atoms with van der Waals surface area (Å²) in [7, 11) is 0. The topological polar surface area (TPSA) is 26.3 Å². The van der Waals surface area contributed by atoms with Crippen molar-refractivity contribution in [2.75, 3.05) is 6.61 Å². The van der Waals surface area contributed by atoms with E-state index in [1.165, 1.54) is 0 Å². The van der Waals surface area contributed by atoms with E-state index in [0.717, 1.165) is 5.75 Å². The number of carbonyl (C=O) groups excluding carboxylic acids is 1. The molecule has 0 aliphatic rings. The van der Waals surface area contributed by atoms with Crippen molar-refractivity contribution in [3.05, 3.63) is 42.5 Å². The molecule has 0 saturated heterocycles. The van der Waals surface area contributed by atoms with Gasteiger partial charge in [0.25, 0.3) is 0 Å². The van der Waals surface area contributed by atoms with Crippen LogP contribution in [0.1, 0.15) is 23.7 Å². The third-order valence-corrected chi connectivity index (χ3v) is 1.80. The molecule has 0 fully saturated rings. The lowest BCUT2D eigenvalue weighted by Gasteiger charge is -2.04. The summed E-state index contributed by atoms with van der Waals surface area (Å²) in [6.07, 6.45) is 1.98. The van der Waals surface area contributed by atoms with Crippen LogP contribution in [0.5, 0.6) is 5.75 Å². The Labute approximate surface area is 84.2 Å². The van der Waals surface area contributed by atoms with E-state index in [2.05, 4.69) is 6.58 Å². The second-order valence-electron chi connectivity index (χ2n) is 2.88. The van der Waals surface area contributed by atoms with Crippen molar-refractivity contribution >= 4 is 5.78 Å². The zero-order chi connectivity index (χ0) is 10.4. The maximum absolute atomic E-state index is 11.5. The molecule has 0 aliphatic heterocycles. The van der Waals surface area contributed by atoms with E-state index in [4.69, 9.17) is 4.74 Å². The molecule has 0 N–H and O–H groups in total. The first-order valence-corrected chi connectivity index (χ1v) is 4.65. The van der Waals surface area contributed by atoms with Gasteiger partial charge in [0, 0.05) is 12.0 Å². The molecular formula is C12H14O2. The lowest BCUT2D eigenvalue weighted by molar-refractivity contribution is 0.0995. The van der Waals surface area contributed by atoms with Gasteiger partial charge in [0.05, 0.1) is 6.61 Å². The molecular weight excluding hydrogens is 176 g/mol. The van der Waals surface area contributed by atoms with Crippen LogP contribution in [0.25, 0.3) is 0 Å². The second kappa shape index (κ2) is 5.22. The number of Topliss-reactive ketones (excluding diaryl/α,β-unsaturated/α-hetero) is 1. The molecule has 2 nitrogen and oxygen atoms in total. The van der Waals surface area contributed by atoms with Gasteiger partial charge in [-0.05, 0) is 19.1 Å². The Kier molecular flexibility index (Phi) is 3.92. The van der Waals surface area contributed by atoms with E-state index in [1.54, 1.807) is 18.2 Å². The van der Waals surface area contributed by atoms with Crippen LogP contribution in [0.4, 0.5) is 0 Å². The number of allylic oxidation sites excluding steroid dienone is 1. The molecule has 14 heavy (non-hydrogen) atoms. The van der Waals surface area contributed by atoms with Crippen LogP contribution in [0, 0.1) is 0 Å². The molecule has 0 heterocycles. The summed E-state index contributed by atoms with van der Waals surface area (Å²) >= 11 is 0. The van der Waals surface area contributed by atoms with Crippen LogP contribution in [-0.4, -0.2) is 12.4 Å². The van der Waals surface area contributed by atoms with Gasteiger partial charge in [-0.3, -0.25) is 4.79 Å². The number of ketones is 1. The fourth-order valence-corrected chi connectivity index (χ4v) is 1.17. The monoisotopic (exact) mass is 190 g/mol. The molecule has 1 aromatic rings. The van der Waals surface area contributed by atoms with Gasteiger partial charge in [0.1, 0.15) is 5.75 Å². The third-order valence-electron chi connectivity index (χ3n) is 1.80. The Balaban J connectivity index is 2.82. The first-order chi connectivity index (χ1) is 6.77. The summed E-state index contributed by atoms with van der Waals surface area (Å²) in [4.78, 5) is 11.5. The van der Waals surface area contributed by atoms with Gasteiger partial charge in [0.15, 0.2) is 5.78 Å². The zero-order valence-electron chi connectivity index (χ0n) is 8.32. The highest BCUT2D eigenvalue weighted by Gasteiger charge is 2.04. The lowest BCUT2D eigenvalue weighted by atomic mass is 10.1. The van der Waals surface area contributed by atoms with Gasteiger partial charge in [-0.25, -0.2) is 0 Å². The van der Waals surface area contributed by atoms with E-state index in [0.29, 0.717) is 18.6 Å². The standard InChI is InChI=1S/C12H14O2/c1-3-6-12(13)10-7-5-8-11(9-10)14-4-2/h3,5,7-9H,1,4,6H2,2H3. The third kappa shape index (κ3) is 2.73. The minimum absolute atomic E-state index is 0.0709. The van der Waals surface area contributed by atoms with Crippen molar-refractivity contribution in [1.29, 1.82) is 0 Å². The van der Waals surface area contributed by atoms with E-state index < -0.39 is 0 Å². The number of hydrogen-bond acceptors (Lipinski definition) is 2. The molecule has 0 aliphatic carbocycles.